The lowest BCUT2D eigenvalue weighted by Crippen LogP contribution is -2.56. The van der Waals surface area contributed by atoms with Crippen molar-refractivity contribution in [1.82, 2.24) is 4.90 Å². The van der Waals surface area contributed by atoms with Crippen LogP contribution in [0.25, 0.3) is 0 Å². The molecule has 1 aliphatic rings. The van der Waals surface area contributed by atoms with Gasteiger partial charge in [-0.25, -0.2) is 0 Å². The van der Waals surface area contributed by atoms with Gasteiger partial charge in [0.25, 0.3) is 0 Å². The number of unbranched alkanes of at least 4 members (excludes halogenated alkanes) is 1. The van der Waals surface area contributed by atoms with E-state index >= 15 is 0 Å². The SMILES string of the molecule is CCCCC1(O)C(C)CN(Cc2ccccc2)CC1C. The molecule has 0 spiro atoms. The molecule has 20 heavy (non-hydrogen) atoms. The fourth-order valence-corrected chi connectivity index (χ4v) is 3.57. The van der Waals surface area contributed by atoms with Crippen LogP contribution in [-0.4, -0.2) is 28.7 Å². The van der Waals surface area contributed by atoms with Gasteiger partial charge in [-0.15, -0.1) is 0 Å². The second-order valence-electron chi connectivity index (χ2n) is 6.58. The van der Waals surface area contributed by atoms with Crippen LogP contribution < -0.4 is 0 Å². The molecule has 1 fully saturated rings. The number of nitrogens with zero attached hydrogens (tertiary/aromatic N) is 1. The Hall–Kier alpha value is -0.860. The molecule has 1 saturated heterocycles. The van der Waals surface area contributed by atoms with E-state index < -0.39 is 5.60 Å². The van der Waals surface area contributed by atoms with Crippen molar-refractivity contribution in [3.63, 3.8) is 0 Å². The van der Waals surface area contributed by atoms with Crippen molar-refractivity contribution in [1.29, 1.82) is 0 Å². The summed E-state index contributed by atoms with van der Waals surface area (Å²) in [5.74, 6) is 0.697. The number of piperidine rings is 1. The number of rotatable bonds is 5. The first kappa shape index (κ1) is 15.5. The van der Waals surface area contributed by atoms with E-state index in [4.69, 9.17) is 0 Å². The number of hydrogen-bond acceptors (Lipinski definition) is 2. The minimum atomic E-state index is -0.469. The van der Waals surface area contributed by atoms with Crippen molar-refractivity contribution in [2.75, 3.05) is 13.1 Å². The molecular weight excluding hydrogens is 246 g/mol. The summed E-state index contributed by atoms with van der Waals surface area (Å²) in [5, 5.41) is 11.0. The lowest BCUT2D eigenvalue weighted by atomic mass is 9.72. The zero-order valence-corrected chi connectivity index (χ0v) is 13.2. The van der Waals surface area contributed by atoms with Crippen molar-refractivity contribution < 1.29 is 5.11 Å². The maximum absolute atomic E-state index is 11.0. The zero-order valence-electron chi connectivity index (χ0n) is 13.2. The van der Waals surface area contributed by atoms with E-state index in [0.29, 0.717) is 11.8 Å². The van der Waals surface area contributed by atoms with E-state index in [-0.39, 0.29) is 0 Å². The van der Waals surface area contributed by atoms with Crippen molar-refractivity contribution in [3.8, 4) is 0 Å². The molecule has 0 saturated carbocycles. The smallest absolute Gasteiger partial charge is 0.0722 e. The molecule has 0 aliphatic carbocycles. The molecule has 1 aromatic carbocycles. The van der Waals surface area contributed by atoms with Gasteiger partial charge in [0, 0.05) is 19.6 Å². The van der Waals surface area contributed by atoms with Gasteiger partial charge >= 0.3 is 0 Å². The Bertz CT molecular complexity index is 391. The van der Waals surface area contributed by atoms with Gasteiger partial charge in [-0.3, -0.25) is 4.90 Å². The Balaban J connectivity index is 1.98. The minimum absolute atomic E-state index is 0.349. The third-order valence-electron chi connectivity index (χ3n) is 4.95. The number of benzene rings is 1. The van der Waals surface area contributed by atoms with Crippen LogP contribution in [0, 0.1) is 11.8 Å². The summed E-state index contributed by atoms with van der Waals surface area (Å²) < 4.78 is 0. The van der Waals surface area contributed by atoms with Crippen LogP contribution in [0.4, 0.5) is 0 Å². The number of aliphatic hydroxyl groups is 1. The number of likely N-dealkylation sites (tertiary alicyclic amines) is 1. The highest BCUT2D eigenvalue weighted by Gasteiger charge is 2.43. The predicted octanol–water partition coefficient (Wildman–Crippen LogP) is 3.70. The first-order chi connectivity index (χ1) is 9.56. The summed E-state index contributed by atoms with van der Waals surface area (Å²) in [5.41, 5.74) is 0.898. The molecule has 0 radical (unpaired) electrons. The highest BCUT2D eigenvalue weighted by Crippen LogP contribution is 2.37. The third-order valence-corrected chi connectivity index (χ3v) is 4.95. The van der Waals surface area contributed by atoms with Crippen LogP contribution in [0.15, 0.2) is 30.3 Å². The summed E-state index contributed by atoms with van der Waals surface area (Å²) in [6, 6.07) is 10.6. The molecule has 1 N–H and O–H groups in total. The monoisotopic (exact) mass is 275 g/mol. The van der Waals surface area contributed by atoms with Crippen LogP contribution >= 0.6 is 0 Å². The fraction of sp³-hybridized carbons (Fsp3) is 0.667. The van der Waals surface area contributed by atoms with Crippen molar-refractivity contribution in [2.24, 2.45) is 11.8 Å². The normalized spacial score (nSPS) is 31.4. The average molecular weight is 275 g/mol. The molecule has 1 aliphatic heterocycles. The van der Waals surface area contributed by atoms with Gasteiger partial charge in [-0.1, -0.05) is 63.9 Å². The van der Waals surface area contributed by atoms with Crippen molar-refractivity contribution >= 4 is 0 Å². The Morgan fingerprint density at radius 2 is 1.75 bits per heavy atom. The quantitative estimate of drug-likeness (QED) is 0.886. The Morgan fingerprint density at radius 3 is 2.30 bits per heavy atom. The average Bonchev–Trinajstić information content (AvgIpc) is 2.44. The number of hydrogen-bond donors (Lipinski definition) is 1. The lowest BCUT2D eigenvalue weighted by molar-refractivity contribution is -0.113. The van der Waals surface area contributed by atoms with Crippen LogP contribution in [0.2, 0.25) is 0 Å². The first-order valence-corrected chi connectivity index (χ1v) is 8.05. The molecule has 1 heterocycles. The van der Waals surface area contributed by atoms with E-state index in [1.165, 1.54) is 5.56 Å². The van der Waals surface area contributed by atoms with E-state index in [1.54, 1.807) is 0 Å². The van der Waals surface area contributed by atoms with Gasteiger partial charge in [0.1, 0.15) is 0 Å². The van der Waals surface area contributed by atoms with Gasteiger partial charge in [0.05, 0.1) is 5.60 Å². The second-order valence-corrected chi connectivity index (χ2v) is 6.58. The van der Waals surface area contributed by atoms with E-state index in [2.05, 4.69) is 56.0 Å². The molecule has 112 valence electrons. The maximum Gasteiger partial charge on any atom is 0.0722 e. The fourth-order valence-electron chi connectivity index (χ4n) is 3.57. The highest BCUT2D eigenvalue weighted by atomic mass is 16.3. The molecular formula is C18H29NO. The largest absolute Gasteiger partial charge is 0.389 e. The topological polar surface area (TPSA) is 23.5 Å². The van der Waals surface area contributed by atoms with E-state index in [0.717, 1.165) is 38.9 Å². The Morgan fingerprint density at radius 1 is 1.15 bits per heavy atom. The molecule has 2 rings (SSSR count). The molecule has 0 aromatic heterocycles. The van der Waals surface area contributed by atoms with E-state index in [1.807, 2.05) is 0 Å². The first-order valence-electron chi connectivity index (χ1n) is 8.05. The van der Waals surface area contributed by atoms with Gasteiger partial charge in [0.2, 0.25) is 0 Å². The molecule has 2 nitrogen and oxygen atoms in total. The summed E-state index contributed by atoms with van der Waals surface area (Å²) in [6.07, 6.45) is 3.24. The summed E-state index contributed by atoms with van der Waals surface area (Å²) in [4.78, 5) is 2.49. The van der Waals surface area contributed by atoms with Crippen LogP contribution in [-0.2, 0) is 6.54 Å². The lowest BCUT2D eigenvalue weighted by Gasteiger charge is -2.48. The third kappa shape index (κ3) is 3.42. The van der Waals surface area contributed by atoms with Gasteiger partial charge in [0.15, 0.2) is 0 Å². The maximum atomic E-state index is 11.0. The van der Waals surface area contributed by atoms with Crippen LogP contribution in [0.3, 0.4) is 0 Å². The molecule has 0 amide bonds. The summed E-state index contributed by atoms with van der Waals surface area (Å²) in [7, 11) is 0. The summed E-state index contributed by atoms with van der Waals surface area (Å²) >= 11 is 0. The Kier molecular flexibility index (Phi) is 5.22. The van der Waals surface area contributed by atoms with Crippen molar-refractivity contribution in [2.45, 2.75) is 52.2 Å². The molecule has 2 heteroatoms. The molecule has 2 unspecified atom stereocenters. The van der Waals surface area contributed by atoms with Crippen LogP contribution in [0.1, 0.15) is 45.6 Å². The Labute approximate surface area is 123 Å². The van der Waals surface area contributed by atoms with Crippen LogP contribution in [0.5, 0.6) is 0 Å². The predicted molar refractivity (Wildman–Crippen MR) is 84.5 cm³/mol. The standard InChI is InChI=1S/C18H29NO/c1-4-5-11-18(20)15(2)12-19(13-16(18)3)14-17-9-7-6-8-10-17/h6-10,15-16,20H,4-5,11-14H2,1-3H3. The molecule has 1 aromatic rings. The second kappa shape index (κ2) is 6.73. The van der Waals surface area contributed by atoms with E-state index in [9.17, 15) is 5.11 Å². The highest BCUT2D eigenvalue weighted by molar-refractivity contribution is 5.14. The van der Waals surface area contributed by atoms with Gasteiger partial charge in [-0.05, 0) is 23.8 Å². The molecule has 2 atom stereocenters. The molecule has 0 bridgehead atoms. The van der Waals surface area contributed by atoms with Crippen molar-refractivity contribution in [3.05, 3.63) is 35.9 Å². The summed E-state index contributed by atoms with van der Waals surface area (Å²) in [6.45, 7) is 9.62. The van der Waals surface area contributed by atoms with Gasteiger partial charge in [-0.2, -0.15) is 0 Å². The van der Waals surface area contributed by atoms with Gasteiger partial charge < -0.3 is 5.11 Å². The zero-order chi connectivity index (χ0) is 14.6. The minimum Gasteiger partial charge on any atom is -0.389 e.